The maximum Gasteiger partial charge on any atom is 0.337 e. The molecule has 1 N–H and O–H groups in total. The van der Waals surface area contributed by atoms with Gasteiger partial charge in [0.1, 0.15) is 0 Å². The first-order chi connectivity index (χ1) is 7.63. The van der Waals surface area contributed by atoms with Gasteiger partial charge in [0.05, 0.1) is 6.10 Å². The van der Waals surface area contributed by atoms with Crippen LogP contribution in [0.3, 0.4) is 0 Å². The monoisotopic (exact) mass is 220 g/mol. The smallest absolute Gasteiger partial charge is 0.337 e. The van der Waals surface area contributed by atoms with Crippen LogP contribution in [0.2, 0.25) is 0 Å². The second-order valence-corrected chi connectivity index (χ2v) is 4.23. The lowest BCUT2D eigenvalue weighted by Crippen LogP contribution is -2.30. The van der Waals surface area contributed by atoms with Gasteiger partial charge in [0.15, 0.2) is 6.10 Å². The van der Waals surface area contributed by atoms with Crippen LogP contribution in [0.25, 0.3) is 0 Å². The maximum absolute atomic E-state index is 11.2. The zero-order chi connectivity index (χ0) is 11.7. The van der Waals surface area contributed by atoms with E-state index >= 15 is 0 Å². The van der Waals surface area contributed by atoms with Gasteiger partial charge in [-0.15, -0.1) is 0 Å². The second kappa shape index (κ2) is 4.26. The molecule has 0 radical (unpaired) electrons. The lowest BCUT2D eigenvalue weighted by atomic mass is 9.90. The molecule has 16 heavy (non-hydrogen) atoms. The molecule has 1 aromatic carbocycles. The molecule has 86 valence electrons. The summed E-state index contributed by atoms with van der Waals surface area (Å²) in [5.74, 6) is -0.898. The lowest BCUT2D eigenvalue weighted by molar-refractivity contribution is -0.156. The molecule has 2 rings (SSSR count). The molecule has 0 saturated heterocycles. The number of benzene rings is 1. The van der Waals surface area contributed by atoms with E-state index in [1.54, 1.807) is 0 Å². The van der Waals surface area contributed by atoms with Crippen LogP contribution in [0.5, 0.6) is 0 Å². The summed E-state index contributed by atoms with van der Waals surface area (Å²) in [6.45, 7) is 4.04. The molecule has 2 atom stereocenters. The number of aliphatic carboxylic acids is 1. The van der Waals surface area contributed by atoms with Crippen molar-refractivity contribution in [3.63, 3.8) is 0 Å². The van der Waals surface area contributed by atoms with Crippen LogP contribution in [0, 0.1) is 6.92 Å². The summed E-state index contributed by atoms with van der Waals surface area (Å²) >= 11 is 0. The molecular weight excluding hydrogens is 204 g/mol. The number of carbonyl (C=O) groups is 1. The summed E-state index contributed by atoms with van der Waals surface area (Å²) < 4.78 is 5.58. The molecule has 0 amide bonds. The lowest BCUT2D eigenvalue weighted by Gasteiger charge is -2.30. The minimum Gasteiger partial charge on any atom is -0.479 e. The van der Waals surface area contributed by atoms with Gasteiger partial charge in [-0.3, -0.25) is 0 Å². The molecule has 0 aromatic heterocycles. The molecule has 3 nitrogen and oxygen atoms in total. The SMILES string of the molecule is CCC1Cc2c(C)cccc2C(C(=O)O)O1. The largest absolute Gasteiger partial charge is 0.479 e. The van der Waals surface area contributed by atoms with Crippen LogP contribution < -0.4 is 0 Å². The molecule has 0 aliphatic carbocycles. The number of hydrogen-bond acceptors (Lipinski definition) is 2. The van der Waals surface area contributed by atoms with Gasteiger partial charge in [-0.1, -0.05) is 25.1 Å². The number of carboxylic acids is 1. The molecule has 1 aromatic rings. The Bertz CT molecular complexity index is 412. The Morgan fingerprint density at radius 1 is 1.56 bits per heavy atom. The van der Waals surface area contributed by atoms with E-state index in [9.17, 15) is 4.79 Å². The third-order valence-electron chi connectivity index (χ3n) is 3.17. The van der Waals surface area contributed by atoms with Crippen molar-refractivity contribution in [2.75, 3.05) is 0 Å². The molecule has 0 spiro atoms. The van der Waals surface area contributed by atoms with Crippen molar-refractivity contribution in [3.8, 4) is 0 Å². The van der Waals surface area contributed by atoms with E-state index in [2.05, 4.69) is 0 Å². The van der Waals surface area contributed by atoms with Crippen LogP contribution in [0.15, 0.2) is 18.2 Å². The quantitative estimate of drug-likeness (QED) is 0.832. The van der Waals surface area contributed by atoms with Crippen LogP contribution in [0.4, 0.5) is 0 Å². The Morgan fingerprint density at radius 2 is 2.31 bits per heavy atom. The van der Waals surface area contributed by atoms with E-state index in [-0.39, 0.29) is 6.10 Å². The molecule has 1 aliphatic rings. The zero-order valence-electron chi connectivity index (χ0n) is 9.56. The van der Waals surface area contributed by atoms with Crippen LogP contribution in [-0.4, -0.2) is 17.2 Å². The number of fused-ring (bicyclic) bond motifs is 1. The van der Waals surface area contributed by atoms with Crippen molar-refractivity contribution in [2.24, 2.45) is 0 Å². The highest BCUT2D eigenvalue weighted by Crippen LogP contribution is 2.33. The first kappa shape index (κ1) is 11.1. The predicted octanol–water partition coefficient (Wildman–Crippen LogP) is 2.47. The summed E-state index contributed by atoms with van der Waals surface area (Å²) in [5, 5.41) is 9.16. The van der Waals surface area contributed by atoms with Crippen molar-refractivity contribution in [1.29, 1.82) is 0 Å². The number of hydrogen-bond donors (Lipinski definition) is 1. The van der Waals surface area contributed by atoms with Crippen LogP contribution >= 0.6 is 0 Å². The molecular formula is C13H16O3. The van der Waals surface area contributed by atoms with Crippen molar-refractivity contribution in [3.05, 3.63) is 34.9 Å². The van der Waals surface area contributed by atoms with Crippen molar-refractivity contribution in [1.82, 2.24) is 0 Å². The number of rotatable bonds is 2. The van der Waals surface area contributed by atoms with Gasteiger partial charge >= 0.3 is 5.97 Å². The van der Waals surface area contributed by atoms with Gasteiger partial charge in [-0.05, 0) is 36.5 Å². The summed E-state index contributed by atoms with van der Waals surface area (Å²) in [5.41, 5.74) is 3.12. The predicted molar refractivity (Wildman–Crippen MR) is 60.4 cm³/mol. The molecule has 1 heterocycles. The van der Waals surface area contributed by atoms with Crippen LogP contribution in [-0.2, 0) is 16.0 Å². The Labute approximate surface area is 95.0 Å². The summed E-state index contributed by atoms with van der Waals surface area (Å²) in [7, 11) is 0. The normalized spacial score (nSPS) is 23.9. The van der Waals surface area contributed by atoms with Gasteiger partial charge in [0.2, 0.25) is 0 Å². The van der Waals surface area contributed by atoms with E-state index in [0.717, 1.165) is 29.5 Å². The molecule has 2 unspecified atom stereocenters. The van der Waals surface area contributed by atoms with Gasteiger partial charge in [-0.2, -0.15) is 0 Å². The fraction of sp³-hybridized carbons (Fsp3) is 0.462. The maximum atomic E-state index is 11.2. The molecule has 3 heteroatoms. The van der Waals surface area contributed by atoms with Gasteiger partial charge in [0.25, 0.3) is 0 Å². The summed E-state index contributed by atoms with van der Waals surface area (Å²) in [4.78, 5) is 11.2. The van der Waals surface area contributed by atoms with E-state index in [4.69, 9.17) is 9.84 Å². The van der Waals surface area contributed by atoms with Crippen LogP contribution in [0.1, 0.15) is 36.1 Å². The minimum atomic E-state index is -0.898. The molecule has 0 fully saturated rings. The third-order valence-corrected chi connectivity index (χ3v) is 3.17. The van der Waals surface area contributed by atoms with E-state index in [1.165, 1.54) is 0 Å². The summed E-state index contributed by atoms with van der Waals surface area (Å²) in [6.07, 6.45) is 0.892. The van der Waals surface area contributed by atoms with Gasteiger partial charge < -0.3 is 9.84 Å². The number of carboxylic acid groups (broad SMARTS) is 1. The van der Waals surface area contributed by atoms with Gasteiger partial charge in [-0.25, -0.2) is 4.79 Å². The van der Waals surface area contributed by atoms with Crippen molar-refractivity contribution in [2.45, 2.75) is 38.9 Å². The van der Waals surface area contributed by atoms with E-state index in [0.29, 0.717) is 0 Å². The average molecular weight is 220 g/mol. The highest BCUT2D eigenvalue weighted by atomic mass is 16.5. The van der Waals surface area contributed by atoms with Crippen molar-refractivity contribution < 1.29 is 14.6 Å². The fourth-order valence-corrected chi connectivity index (χ4v) is 2.22. The first-order valence-corrected chi connectivity index (χ1v) is 5.60. The first-order valence-electron chi connectivity index (χ1n) is 5.60. The van der Waals surface area contributed by atoms with E-state index < -0.39 is 12.1 Å². The standard InChI is InChI=1S/C13H16O3/c1-3-9-7-11-8(2)5-4-6-10(11)12(16-9)13(14)15/h4-6,9,12H,3,7H2,1-2H3,(H,14,15). The minimum absolute atomic E-state index is 0.0229. The van der Waals surface area contributed by atoms with Crippen molar-refractivity contribution >= 4 is 5.97 Å². The second-order valence-electron chi connectivity index (χ2n) is 4.23. The van der Waals surface area contributed by atoms with Gasteiger partial charge in [0, 0.05) is 0 Å². The highest BCUT2D eigenvalue weighted by molar-refractivity contribution is 5.75. The highest BCUT2D eigenvalue weighted by Gasteiger charge is 2.32. The summed E-state index contributed by atoms with van der Waals surface area (Å²) in [6, 6.07) is 5.77. The topological polar surface area (TPSA) is 46.5 Å². The number of ether oxygens (including phenoxy) is 1. The average Bonchev–Trinajstić information content (AvgIpc) is 2.28. The number of aryl methyl sites for hydroxylation is 1. The Morgan fingerprint density at radius 3 is 2.94 bits per heavy atom. The molecule has 0 saturated carbocycles. The fourth-order valence-electron chi connectivity index (χ4n) is 2.22. The molecule has 0 bridgehead atoms. The Hall–Kier alpha value is -1.35. The van der Waals surface area contributed by atoms with E-state index in [1.807, 2.05) is 32.0 Å². The Kier molecular flexibility index (Phi) is 2.97. The molecule has 1 aliphatic heterocycles. The third kappa shape index (κ3) is 1.83. The zero-order valence-corrected chi connectivity index (χ0v) is 9.56. The Balaban J connectivity index is 2.46.